The molecule has 2 aromatic rings. The fourth-order valence-electron chi connectivity index (χ4n) is 3.45. The summed E-state index contributed by atoms with van der Waals surface area (Å²) >= 11 is 0. The van der Waals surface area contributed by atoms with E-state index in [9.17, 15) is 16.8 Å². The molecule has 0 N–H and O–H groups in total. The minimum atomic E-state index is -3.84. The largest absolute Gasteiger partial charge is 0.296 e. The van der Waals surface area contributed by atoms with E-state index in [0.717, 1.165) is 30.4 Å². The third-order valence-electron chi connectivity index (χ3n) is 5.31. The van der Waals surface area contributed by atoms with Gasteiger partial charge in [0.1, 0.15) is 0 Å². The van der Waals surface area contributed by atoms with E-state index in [-0.39, 0.29) is 34.8 Å². The molecule has 0 aliphatic heterocycles. The predicted molar refractivity (Wildman–Crippen MR) is 109 cm³/mol. The van der Waals surface area contributed by atoms with E-state index in [1.54, 1.807) is 24.3 Å². The van der Waals surface area contributed by atoms with Crippen molar-refractivity contribution in [2.45, 2.75) is 42.9 Å². The number of hydrogen-bond donors (Lipinski definition) is 0. The van der Waals surface area contributed by atoms with Gasteiger partial charge in [-0.1, -0.05) is 41.8 Å². The molecule has 1 fully saturated rings. The van der Waals surface area contributed by atoms with Gasteiger partial charge in [-0.3, -0.25) is 8.37 Å². The highest BCUT2D eigenvalue weighted by Crippen LogP contribution is 2.33. The van der Waals surface area contributed by atoms with Crippen LogP contribution in [0.15, 0.2) is 58.3 Å². The average molecular weight is 439 g/mol. The van der Waals surface area contributed by atoms with E-state index >= 15 is 0 Å². The lowest BCUT2D eigenvalue weighted by atomic mass is 9.98. The highest BCUT2D eigenvalue weighted by atomic mass is 32.2. The molecule has 6 nitrogen and oxygen atoms in total. The lowest BCUT2D eigenvalue weighted by molar-refractivity contribution is 0.169. The molecule has 8 heteroatoms. The number of rotatable bonds is 8. The molecule has 2 atom stereocenters. The average Bonchev–Trinajstić information content (AvgIpc) is 3.13. The summed E-state index contributed by atoms with van der Waals surface area (Å²) in [4.78, 5) is 0.242. The van der Waals surface area contributed by atoms with E-state index in [1.165, 1.54) is 24.3 Å². The Bertz CT molecular complexity index is 940. The van der Waals surface area contributed by atoms with Crippen molar-refractivity contribution < 1.29 is 25.2 Å². The van der Waals surface area contributed by atoms with Crippen molar-refractivity contribution in [3.63, 3.8) is 0 Å². The highest BCUT2D eigenvalue weighted by molar-refractivity contribution is 7.87. The van der Waals surface area contributed by atoms with Crippen molar-refractivity contribution in [2.24, 2.45) is 11.8 Å². The standard InChI is InChI=1S/C21H26O6S2/c1-16-6-10-20(11-7-16)28(22,23)26-14-18-4-3-5-19(18)15-27-29(24,25)21-12-8-17(2)9-13-21/h6-13,18-19H,3-5,14-15H2,1-2H3/t18-,19+. The molecule has 0 spiro atoms. The van der Waals surface area contributed by atoms with E-state index in [0.29, 0.717) is 0 Å². The second-order valence-corrected chi connectivity index (χ2v) is 10.8. The molecular weight excluding hydrogens is 412 g/mol. The van der Waals surface area contributed by atoms with Crippen LogP contribution in [0.5, 0.6) is 0 Å². The minimum absolute atomic E-state index is 0.0226. The summed E-state index contributed by atoms with van der Waals surface area (Å²) < 4.78 is 60.1. The van der Waals surface area contributed by atoms with Gasteiger partial charge in [-0.05, 0) is 62.8 Å². The van der Waals surface area contributed by atoms with Gasteiger partial charge >= 0.3 is 0 Å². The molecule has 0 aromatic heterocycles. The van der Waals surface area contributed by atoms with Gasteiger partial charge < -0.3 is 0 Å². The summed E-state index contributed by atoms with van der Waals surface area (Å²) in [6.45, 7) is 3.81. The number of aryl methyl sites for hydroxylation is 2. The molecule has 0 saturated heterocycles. The summed E-state index contributed by atoms with van der Waals surface area (Å²) in [5.74, 6) is -0.133. The van der Waals surface area contributed by atoms with Crippen LogP contribution in [0.3, 0.4) is 0 Å². The Morgan fingerprint density at radius 1 is 0.690 bits per heavy atom. The maximum absolute atomic E-state index is 12.4. The SMILES string of the molecule is Cc1ccc(S(=O)(=O)OC[C@H]2CCC[C@H]2COS(=O)(=O)c2ccc(C)cc2)cc1. The molecule has 1 aliphatic carbocycles. The van der Waals surface area contributed by atoms with Crippen LogP contribution in [-0.4, -0.2) is 30.0 Å². The van der Waals surface area contributed by atoms with Crippen LogP contribution in [0.4, 0.5) is 0 Å². The van der Waals surface area contributed by atoms with E-state index < -0.39 is 20.2 Å². The minimum Gasteiger partial charge on any atom is -0.266 e. The predicted octanol–water partition coefficient (Wildman–Crippen LogP) is 3.83. The van der Waals surface area contributed by atoms with Crippen LogP contribution >= 0.6 is 0 Å². The molecule has 0 unspecified atom stereocenters. The first-order chi connectivity index (χ1) is 13.7. The zero-order valence-electron chi connectivity index (χ0n) is 16.6. The monoisotopic (exact) mass is 438 g/mol. The lowest BCUT2D eigenvalue weighted by Gasteiger charge is -2.19. The Labute approximate surface area is 173 Å². The molecule has 0 amide bonds. The number of benzene rings is 2. The zero-order valence-corrected chi connectivity index (χ0v) is 18.2. The molecule has 0 bridgehead atoms. The molecule has 1 saturated carbocycles. The van der Waals surface area contributed by atoms with Gasteiger partial charge in [-0.25, -0.2) is 0 Å². The van der Waals surface area contributed by atoms with Crippen molar-refractivity contribution in [2.75, 3.05) is 13.2 Å². The van der Waals surface area contributed by atoms with E-state index in [4.69, 9.17) is 8.37 Å². The van der Waals surface area contributed by atoms with E-state index in [1.807, 2.05) is 13.8 Å². The van der Waals surface area contributed by atoms with Crippen LogP contribution in [0, 0.1) is 25.7 Å². The Morgan fingerprint density at radius 2 is 1.03 bits per heavy atom. The maximum Gasteiger partial charge on any atom is 0.296 e. The van der Waals surface area contributed by atoms with Gasteiger partial charge in [-0.2, -0.15) is 16.8 Å². The molecule has 158 valence electrons. The summed E-state index contributed by atoms with van der Waals surface area (Å²) in [5.41, 5.74) is 1.93. The van der Waals surface area contributed by atoms with Gasteiger partial charge in [0, 0.05) is 0 Å². The van der Waals surface area contributed by atoms with Crippen molar-refractivity contribution >= 4 is 20.2 Å². The van der Waals surface area contributed by atoms with Crippen molar-refractivity contribution in [3.05, 3.63) is 59.7 Å². The normalized spacial score (nSPS) is 20.1. The van der Waals surface area contributed by atoms with E-state index in [2.05, 4.69) is 0 Å². The number of hydrogen-bond acceptors (Lipinski definition) is 6. The van der Waals surface area contributed by atoms with Gasteiger partial charge in [-0.15, -0.1) is 0 Å². The smallest absolute Gasteiger partial charge is 0.266 e. The lowest BCUT2D eigenvalue weighted by Crippen LogP contribution is -2.23. The first kappa shape index (κ1) is 22.0. The first-order valence-corrected chi connectivity index (χ1v) is 12.4. The summed E-state index contributed by atoms with van der Waals surface area (Å²) in [6.07, 6.45) is 2.45. The summed E-state index contributed by atoms with van der Waals surface area (Å²) in [6, 6.07) is 13.0. The molecule has 1 aliphatic rings. The molecule has 0 heterocycles. The van der Waals surface area contributed by atoms with Crippen LogP contribution in [-0.2, 0) is 28.6 Å². The van der Waals surface area contributed by atoms with Gasteiger partial charge in [0.2, 0.25) is 0 Å². The molecule has 0 radical (unpaired) electrons. The molecular formula is C21H26O6S2. The summed E-state index contributed by atoms with van der Waals surface area (Å²) in [5, 5.41) is 0. The Hall–Kier alpha value is -1.74. The van der Waals surface area contributed by atoms with Gasteiger partial charge in [0.25, 0.3) is 20.2 Å². The maximum atomic E-state index is 12.4. The first-order valence-electron chi connectivity index (χ1n) is 9.59. The molecule has 2 aromatic carbocycles. The second-order valence-electron chi connectivity index (χ2n) is 7.55. The summed E-state index contributed by atoms with van der Waals surface area (Å²) in [7, 11) is -7.67. The third-order valence-corrected chi connectivity index (χ3v) is 7.90. The fraction of sp³-hybridized carbons (Fsp3) is 0.429. The Kier molecular flexibility index (Phi) is 6.78. The van der Waals surface area contributed by atoms with Crippen molar-refractivity contribution in [1.82, 2.24) is 0 Å². The topological polar surface area (TPSA) is 86.7 Å². The third kappa shape index (κ3) is 5.66. The van der Waals surface area contributed by atoms with Crippen molar-refractivity contribution in [1.29, 1.82) is 0 Å². The van der Waals surface area contributed by atoms with Crippen LogP contribution in [0.25, 0.3) is 0 Å². The van der Waals surface area contributed by atoms with Crippen molar-refractivity contribution in [3.8, 4) is 0 Å². The highest BCUT2D eigenvalue weighted by Gasteiger charge is 2.31. The fourth-order valence-corrected chi connectivity index (χ4v) is 5.37. The quantitative estimate of drug-likeness (QED) is 0.582. The van der Waals surface area contributed by atoms with Crippen LogP contribution < -0.4 is 0 Å². The van der Waals surface area contributed by atoms with Crippen LogP contribution in [0.2, 0.25) is 0 Å². The van der Waals surface area contributed by atoms with Crippen LogP contribution in [0.1, 0.15) is 30.4 Å². The van der Waals surface area contributed by atoms with Gasteiger partial charge in [0.15, 0.2) is 0 Å². The molecule has 29 heavy (non-hydrogen) atoms. The Balaban J connectivity index is 1.58. The zero-order chi connectivity index (χ0) is 21.1. The molecule has 3 rings (SSSR count). The van der Waals surface area contributed by atoms with Gasteiger partial charge in [0.05, 0.1) is 23.0 Å². The second kappa shape index (κ2) is 8.95. The Morgan fingerprint density at radius 3 is 1.38 bits per heavy atom.